The van der Waals surface area contributed by atoms with Crippen molar-refractivity contribution >= 4 is 11.6 Å². The Morgan fingerprint density at radius 3 is 2.69 bits per heavy atom. The van der Waals surface area contributed by atoms with Crippen LogP contribution in [0.4, 0.5) is 0 Å². The molecular formula is C9H18ClNO2. The van der Waals surface area contributed by atoms with Gasteiger partial charge in [-0.05, 0) is 12.8 Å². The Kier molecular flexibility index (Phi) is 5.02. The molecule has 0 aromatic rings. The maximum atomic E-state index is 5.96. The van der Waals surface area contributed by atoms with E-state index in [9.17, 15) is 0 Å². The molecule has 0 aromatic heterocycles. The van der Waals surface area contributed by atoms with Gasteiger partial charge in [0.05, 0.1) is 6.61 Å². The van der Waals surface area contributed by atoms with Gasteiger partial charge >= 0.3 is 0 Å². The topological polar surface area (TPSA) is 30.5 Å². The van der Waals surface area contributed by atoms with Crippen LogP contribution in [0.1, 0.15) is 12.8 Å². The quantitative estimate of drug-likeness (QED) is 0.539. The van der Waals surface area contributed by atoms with E-state index in [0.29, 0.717) is 5.88 Å². The van der Waals surface area contributed by atoms with Gasteiger partial charge in [0.1, 0.15) is 0 Å². The SMILES string of the molecule is COCCNC1(CCl)CCOCC1. The molecule has 1 heterocycles. The Morgan fingerprint density at radius 2 is 2.15 bits per heavy atom. The average Bonchev–Trinajstić information content (AvgIpc) is 2.20. The third kappa shape index (κ3) is 3.43. The minimum Gasteiger partial charge on any atom is -0.383 e. The molecule has 13 heavy (non-hydrogen) atoms. The molecule has 1 N–H and O–H groups in total. The molecule has 1 saturated heterocycles. The van der Waals surface area contributed by atoms with Crippen molar-refractivity contribution in [2.24, 2.45) is 0 Å². The highest BCUT2D eigenvalue weighted by Gasteiger charge is 2.30. The number of methoxy groups -OCH3 is 1. The molecule has 0 atom stereocenters. The molecule has 1 aliphatic heterocycles. The number of rotatable bonds is 5. The number of nitrogens with one attached hydrogen (secondary N) is 1. The number of ether oxygens (including phenoxy) is 2. The zero-order valence-electron chi connectivity index (χ0n) is 8.14. The molecule has 0 saturated carbocycles. The molecule has 0 aliphatic carbocycles. The number of alkyl halides is 1. The lowest BCUT2D eigenvalue weighted by Gasteiger charge is -2.36. The third-order valence-corrected chi connectivity index (χ3v) is 3.02. The van der Waals surface area contributed by atoms with E-state index in [2.05, 4.69) is 5.32 Å². The van der Waals surface area contributed by atoms with Crippen molar-refractivity contribution in [3.05, 3.63) is 0 Å². The highest BCUT2D eigenvalue weighted by Crippen LogP contribution is 2.21. The lowest BCUT2D eigenvalue weighted by Crippen LogP contribution is -2.51. The highest BCUT2D eigenvalue weighted by atomic mass is 35.5. The van der Waals surface area contributed by atoms with Crippen molar-refractivity contribution in [3.63, 3.8) is 0 Å². The maximum Gasteiger partial charge on any atom is 0.0587 e. The summed E-state index contributed by atoms with van der Waals surface area (Å²) in [6, 6.07) is 0. The molecule has 0 spiro atoms. The summed E-state index contributed by atoms with van der Waals surface area (Å²) >= 11 is 5.96. The second-order valence-corrected chi connectivity index (χ2v) is 3.71. The minimum atomic E-state index is 0.0817. The van der Waals surface area contributed by atoms with Crippen molar-refractivity contribution in [3.8, 4) is 0 Å². The zero-order valence-corrected chi connectivity index (χ0v) is 8.90. The van der Waals surface area contributed by atoms with Crippen LogP contribution in [0.5, 0.6) is 0 Å². The van der Waals surface area contributed by atoms with Crippen LogP contribution < -0.4 is 5.32 Å². The lowest BCUT2D eigenvalue weighted by atomic mass is 9.92. The van der Waals surface area contributed by atoms with Crippen LogP contribution in [0.2, 0.25) is 0 Å². The lowest BCUT2D eigenvalue weighted by molar-refractivity contribution is 0.0437. The summed E-state index contributed by atoms with van der Waals surface area (Å²) in [6.07, 6.45) is 2.00. The molecular weight excluding hydrogens is 190 g/mol. The van der Waals surface area contributed by atoms with Gasteiger partial charge in [0.2, 0.25) is 0 Å². The van der Waals surface area contributed by atoms with E-state index in [1.165, 1.54) is 0 Å². The van der Waals surface area contributed by atoms with E-state index >= 15 is 0 Å². The molecule has 4 heteroatoms. The maximum absolute atomic E-state index is 5.96. The first kappa shape index (κ1) is 11.2. The number of halogens is 1. The van der Waals surface area contributed by atoms with Crippen LogP contribution >= 0.6 is 11.6 Å². The fraction of sp³-hybridized carbons (Fsp3) is 1.00. The third-order valence-electron chi connectivity index (χ3n) is 2.51. The van der Waals surface area contributed by atoms with E-state index in [1.807, 2.05) is 0 Å². The molecule has 78 valence electrons. The van der Waals surface area contributed by atoms with E-state index in [-0.39, 0.29) is 5.54 Å². The Balaban J connectivity index is 2.29. The summed E-state index contributed by atoms with van der Waals surface area (Å²) in [5.41, 5.74) is 0.0817. The van der Waals surface area contributed by atoms with E-state index in [4.69, 9.17) is 21.1 Å². The average molecular weight is 208 g/mol. The first-order valence-corrected chi connectivity index (χ1v) is 5.24. The summed E-state index contributed by atoms with van der Waals surface area (Å²) in [6.45, 7) is 3.22. The van der Waals surface area contributed by atoms with Gasteiger partial charge in [0.15, 0.2) is 0 Å². The molecule has 0 amide bonds. The van der Waals surface area contributed by atoms with Crippen molar-refractivity contribution in [1.29, 1.82) is 0 Å². The predicted molar refractivity (Wildman–Crippen MR) is 53.4 cm³/mol. The van der Waals surface area contributed by atoms with Crippen LogP contribution in [0.15, 0.2) is 0 Å². The smallest absolute Gasteiger partial charge is 0.0587 e. The standard InChI is InChI=1S/C9H18ClNO2/c1-12-7-4-11-9(8-10)2-5-13-6-3-9/h11H,2-8H2,1H3. The van der Waals surface area contributed by atoms with Gasteiger partial charge in [-0.25, -0.2) is 0 Å². The largest absolute Gasteiger partial charge is 0.383 e. The zero-order chi connectivity index (χ0) is 9.57. The van der Waals surface area contributed by atoms with Gasteiger partial charge in [0, 0.05) is 38.3 Å². The van der Waals surface area contributed by atoms with E-state index in [0.717, 1.165) is 39.2 Å². The Hall–Kier alpha value is 0.170. The monoisotopic (exact) mass is 207 g/mol. The Morgan fingerprint density at radius 1 is 1.46 bits per heavy atom. The van der Waals surface area contributed by atoms with Gasteiger partial charge in [-0.15, -0.1) is 11.6 Å². The Bertz CT molecular complexity index is 138. The summed E-state index contributed by atoms with van der Waals surface area (Å²) in [4.78, 5) is 0. The molecule has 3 nitrogen and oxygen atoms in total. The predicted octanol–water partition coefficient (Wildman–Crippen LogP) is 1.01. The molecule has 1 fully saturated rings. The molecule has 1 rings (SSSR count). The van der Waals surface area contributed by atoms with Gasteiger partial charge in [-0.3, -0.25) is 0 Å². The van der Waals surface area contributed by atoms with Crippen molar-refractivity contribution in [2.45, 2.75) is 18.4 Å². The second-order valence-electron chi connectivity index (χ2n) is 3.45. The van der Waals surface area contributed by atoms with Crippen LogP contribution in [0, 0.1) is 0 Å². The van der Waals surface area contributed by atoms with Crippen LogP contribution in [-0.2, 0) is 9.47 Å². The van der Waals surface area contributed by atoms with Crippen molar-refractivity contribution < 1.29 is 9.47 Å². The first-order chi connectivity index (χ1) is 6.33. The minimum absolute atomic E-state index is 0.0817. The summed E-state index contributed by atoms with van der Waals surface area (Å²) in [7, 11) is 1.71. The number of hydrogen-bond donors (Lipinski definition) is 1. The summed E-state index contributed by atoms with van der Waals surface area (Å²) in [5.74, 6) is 0.653. The molecule has 1 aliphatic rings. The molecule has 0 unspecified atom stereocenters. The van der Waals surface area contributed by atoms with Crippen LogP contribution in [0.3, 0.4) is 0 Å². The molecule has 0 radical (unpaired) electrons. The van der Waals surface area contributed by atoms with E-state index < -0.39 is 0 Å². The first-order valence-electron chi connectivity index (χ1n) is 4.71. The second kappa shape index (κ2) is 5.81. The fourth-order valence-corrected chi connectivity index (χ4v) is 1.90. The van der Waals surface area contributed by atoms with Gasteiger partial charge in [-0.2, -0.15) is 0 Å². The number of hydrogen-bond acceptors (Lipinski definition) is 3. The summed E-state index contributed by atoms with van der Waals surface area (Å²) < 4.78 is 10.3. The van der Waals surface area contributed by atoms with E-state index in [1.54, 1.807) is 7.11 Å². The summed E-state index contributed by atoms with van der Waals surface area (Å²) in [5, 5.41) is 3.45. The van der Waals surface area contributed by atoms with Gasteiger partial charge in [-0.1, -0.05) is 0 Å². The fourth-order valence-electron chi connectivity index (χ4n) is 1.54. The Labute approximate surface area is 84.7 Å². The normalized spacial score (nSPS) is 21.7. The molecule has 0 aromatic carbocycles. The van der Waals surface area contributed by atoms with Crippen LogP contribution in [0.25, 0.3) is 0 Å². The van der Waals surface area contributed by atoms with Crippen LogP contribution in [-0.4, -0.2) is 44.9 Å². The van der Waals surface area contributed by atoms with Gasteiger partial charge in [0.25, 0.3) is 0 Å². The van der Waals surface area contributed by atoms with Crippen molar-refractivity contribution in [2.75, 3.05) is 39.4 Å². The van der Waals surface area contributed by atoms with Gasteiger partial charge < -0.3 is 14.8 Å². The molecule has 0 bridgehead atoms. The van der Waals surface area contributed by atoms with Crippen molar-refractivity contribution in [1.82, 2.24) is 5.32 Å². The highest BCUT2D eigenvalue weighted by molar-refractivity contribution is 6.18.